The Bertz CT molecular complexity index is 1190. The molecule has 12 heteroatoms. The lowest BCUT2D eigenvalue weighted by molar-refractivity contribution is -0.199. The Balaban J connectivity index is 1.09. The number of amides is 4. The lowest BCUT2D eigenvalue weighted by Crippen LogP contribution is -2.65. The number of carbonyl (C=O) groups is 4. The largest absolute Gasteiger partial charge is 0.481 e. The average molecular weight is 615 g/mol. The fourth-order valence-corrected chi connectivity index (χ4v) is 9.22. The van der Waals surface area contributed by atoms with E-state index in [9.17, 15) is 19.2 Å². The zero-order chi connectivity index (χ0) is 31.8. The van der Waals surface area contributed by atoms with E-state index >= 15 is 0 Å². The van der Waals surface area contributed by atoms with Gasteiger partial charge in [-0.2, -0.15) is 0 Å². The molecule has 244 valence electrons. The first-order valence-electron chi connectivity index (χ1n) is 16.9. The fourth-order valence-electron chi connectivity index (χ4n) is 9.22. The number of hydrogen-bond acceptors (Lipinski definition) is 7. The van der Waals surface area contributed by atoms with Gasteiger partial charge in [-0.25, -0.2) is 4.79 Å². The second-order valence-electron chi connectivity index (χ2n) is 15.8. The summed E-state index contributed by atoms with van der Waals surface area (Å²) in [4.78, 5) is 57.0. The Hall–Kier alpha value is -2.34. The van der Waals surface area contributed by atoms with Crippen molar-refractivity contribution in [3.8, 4) is 0 Å². The van der Waals surface area contributed by atoms with Crippen LogP contribution < -0.4 is 10.6 Å². The summed E-state index contributed by atoms with van der Waals surface area (Å²) < 4.78 is 18.6. The van der Waals surface area contributed by atoms with E-state index in [-0.39, 0.29) is 46.8 Å². The summed E-state index contributed by atoms with van der Waals surface area (Å²) in [7, 11) is -0.462. The molecule has 2 N–H and O–H groups in total. The quantitative estimate of drug-likeness (QED) is 0.440. The van der Waals surface area contributed by atoms with Gasteiger partial charge in [0.2, 0.25) is 17.7 Å². The van der Waals surface area contributed by atoms with Crippen molar-refractivity contribution in [3.05, 3.63) is 0 Å². The van der Waals surface area contributed by atoms with Gasteiger partial charge in [-0.3, -0.25) is 14.4 Å². The minimum atomic E-state index is -0.739. The first kappa shape index (κ1) is 31.6. The van der Waals surface area contributed by atoms with Crippen LogP contribution in [-0.4, -0.2) is 94.7 Å². The van der Waals surface area contributed by atoms with Crippen LogP contribution in [0.3, 0.4) is 0 Å². The number of piperidine rings is 1. The molecule has 7 fully saturated rings. The number of hydrogen-bond donors (Lipinski definition) is 2. The van der Waals surface area contributed by atoms with Gasteiger partial charge in [-0.05, 0) is 103 Å². The number of nitrogens with zero attached hydrogens (tertiary/aromatic N) is 2. The number of rotatable bonds is 6. The number of carbonyl (C=O) groups excluding carboxylic acids is 4. The van der Waals surface area contributed by atoms with Crippen LogP contribution in [0, 0.1) is 17.3 Å². The van der Waals surface area contributed by atoms with Crippen molar-refractivity contribution in [3.63, 3.8) is 0 Å². The maximum Gasteiger partial charge on any atom is 0.481 e. The molecule has 9 unspecified atom stereocenters. The highest BCUT2D eigenvalue weighted by Crippen LogP contribution is 2.66. The second-order valence-corrected chi connectivity index (χ2v) is 15.8. The summed E-state index contributed by atoms with van der Waals surface area (Å²) in [6.07, 6.45) is 6.13. The van der Waals surface area contributed by atoms with Gasteiger partial charge in [0.05, 0.1) is 17.6 Å². The van der Waals surface area contributed by atoms with Crippen molar-refractivity contribution in [2.75, 3.05) is 6.54 Å². The lowest BCUT2D eigenvalue weighted by atomic mass is 9.43. The van der Waals surface area contributed by atoms with Crippen LogP contribution in [0.2, 0.25) is 0 Å². The van der Waals surface area contributed by atoms with E-state index in [2.05, 4.69) is 31.4 Å². The summed E-state index contributed by atoms with van der Waals surface area (Å²) in [6, 6.07) is -2.17. The minimum absolute atomic E-state index is 0.0497. The van der Waals surface area contributed by atoms with Gasteiger partial charge < -0.3 is 34.5 Å². The number of likely N-dealkylation sites (tertiary alicyclic amines) is 1. The van der Waals surface area contributed by atoms with Crippen molar-refractivity contribution in [2.45, 2.75) is 154 Å². The monoisotopic (exact) mass is 614 g/mol. The van der Waals surface area contributed by atoms with E-state index < -0.39 is 36.9 Å². The van der Waals surface area contributed by atoms with Crippen LogP contribution in [0.1, 0.15) is 106 Å². The van der Waals surface area contributed by atoms with Gasteiger partial charge >= 0.3 is 13.2 Å². The normalized spacial score (nSPS) is 38.0. The molecule has 7 rings (SSSR count). The number of ether oxygens (including phenoxy) is 1. The topological polar surface area (TPSA) is 127 Å². The van der Waals surface area contributed by atoms with Gasteiger partial charge in [-0.1, -0.05) is 20.8 Å². The zero-order valence-electron chi connectivity index (χ0n) is 27.5. The van der Waals surface area contributed by atoms with Crippen molar-refractivity contribution in [1.29, 1.82) is 0 Å². The molecule has 11 nitrogen and oxygen atoms in total. The van der Waals surface area contributed by atoms with Gasteiger partial charge in [0.1, 0.15) is 23.7 Å². The molecule has 0 radical (unpaired) electrons. The Morgan fingerprint density at radius 3 is 2.50 bits per heavy atom. The van der Waals surface area contributed by atoms with E-state index in [1.807, 2.05) is 11.8 Å². The summed E-state index contributed by atoms with van der Waals surface area (Å²) in [5.74, 6) is 0.210. The van der Waals surface area contributed by atoms with Crippen molar-refractivity contribution in [1.82, 2.24) is 20.4 Å². The van der Waals surface area contributed by atoms with Gasteiger partial charge in [0.25, 0.3) is 0 Å². The second kappa shape index (κ2) is 11.2. The van der Waals surface area contributed by atoms with Gasteiger partial charge in [0, 0.05) is 12.6 Å². The fraction of sp³-hybridized carbons (Fsp3) is 0.875. The lowest BCUT2D eigenvalue weighted by Gasteiger charge is -2.64. The Morgan fingerprint density at radius 1 is 1.09 bits per heavy atom. The van der Waals surface area contributed by atoms with Crippen LogP contribution >= 0.6 is 0 Å². The van der Waals surface area contributed by atoms with Crippen molar-refractivity contribution in [2.24, 2.45) is 17.3 Å². The highest BCUT2D eigenvalue weighted by molar-refractivity contribution is 6.48. The van der Waals surface area contributed by atoms with Crippen LogP contribution in [0.15, 0.2) is 0 Å². The molecule has 9 atom stereocenters. The maximum absolute atomic E-state index is 14.0. The third-order valence-electron chi connectivity index (χ3n) is 11.7. The summed E-state index contributed by atoms with van der Waals surface area (Å²) in [5, 5.41) is 5.70. The van der Waals surface area contributed by atoms with Crippen LogP contribution in [0.4, 0.5) is 4.79 Å². The summed E-state index contributed by atoms with van der Waals surface area (Å²) in [5.41, 5.74) is -0.776. The van der Waals surface area contributed by atoms with Crippen LogP contribution in [0.25, 0.3) is 0 Å². The maximum atomic E-state index is 14.0. The van der Waals surface area contributed by atoms with Crippen molar-refractivity contribution >= 4 is 30.9 Å². The SMILES string of the molecule is CCC(NC(=O)C1CCC2CCC(NC(=O)OC(C)(C)C)C(=O)N21)C(=O)N1CCCC1B1OC2CC3CC(C3(C)C)C2(C)O1. The van der Waals surface area contributed by atoms with E-state index in [1.54, 1.807) is 25.7 Å². The smallest absolute Gasteiger partial charge is 0.444 e. The molecule has 4 heterocycles. The van der Waals surface area contributed by atoms with Crippen LogP contribution in [-0.2, 0) is 28.4 Å². The zero-order valence-corrected chi connectivity index (χ0v) is 27.5. The summed E-state index contributed by atoms with van der Waals surface area (Å²) in [6.45, 7) is 14.7. The van der Waals surface area contributed by atoms with Crippen LogP contribution in [0.5, 0.6) is 0 Å². The average Bonchev–Trinajstić information content (AvgIpc) is 3.67. The van der Waals surface area contributed by atoms with Gasteiger partial charge in [0.15, 0.2) is 0 Å². The molecule has 44 heavy (non-hydrogen) atoms. The molecule has 4 amide bonds. The number of alkyl carbamates (subject to hydrolysis) is 1. The Morgan fingerprint density at radius 2 is 1.82 bits per heavy atom. The molecule has 7 aliphatic rings. The molecule has 2 bridgehead atoms. The Labute approximate surface area is 262 Å². The third kappa shape index (κ3) is 5.31. The van der Waals surface area contributed by atoms with Gasteiger partial charge in [-0.15, -0.1) is 0 Å². The van der Waals surface area contributed by atoms with E-state index in [0.29, 0.717) is 44.1 Å². The highest BCUT2D eigenvalue weighted by atomic mass is 16.7. The molecule has 4 saturated heterocycles. The predicted octanol–water partition coefficient (Wildman–Crippen LogP) is 3.19. The van der Waals surface area contributed by atoms with Crippen molar-refractivity contribution < 1.29 is 33.2 Å². The standard InChI is InChI=1S/C32H51BN4O7/c1-8-20(34-26(38)22-14-12-19-11-13-21(28(40)37(19)22)35-29(41)42-30(2,3)4)27(39)36-15-9-10-25(36)33-43-24-17-18-16-23(31(18,5)6)32(24,7)44-33/h18-25H,8-17H2,1-7H3,(H,34,38)(H,35,41). The number of nitrogens with one attached hydrogen (secondary N) is 2. The molecular formula is C32H51BN4O7. The first-order chi connectivity index (χ1) is 20.6. The molecule has 0 aromatic heterocycles. The first-order valence-corrected chi connectivity index (χ1v) is 16.9. The molecule has 0 aromatic rings. The Kier molecular flexibility index (Phi) is 8.04. The third-order valence-corrected chi connectivity index (χ3v) is 11.7. The predicted molar refractivity (Wildman–Crippen MR) is 163 cm³/mol. The van der Waals surface area contributed by atoms with E-state index in [1.165, 1.54) is 6.42 Å². The molecule has 4 aliphatic heterocycles. The van der Waals surface area contributed by atoms with E-state index in [0.717, 1.165) is 25.7 Å². The van der Waals surface area contributed by atoms with E-state index in [4.69, 9.17) is 14.0 Å². The highest BCUT2D eigenvalue weighted by Gasteiger charge is 2.69. The molecule has 0 spiro atoms. The minimum Gasteiger partial charge on any atom is -0.444 e. The molecule has 3 saturated carbocycles. The molecule has 3 aliphatic carbocycles. The number of fused-ring (bicyclic) bond motifs is 1. The summed E-state index contributed by atoms with van der Waals surface area (Å²) >= 11 is 0. The molecule has 0 aromatic carbocycles. The molecular weight excluding hydrogens is 563 g/mol.